The Labute approximate surface area is 162 Å². The van der Waals surface area contributed by atoms with E-state index in [1.54, 1.807) is 0 Å². The van der Waals surface area contributed by atoms with Gasteiger partial charge in [-0.2, -0.15) is 0 Å². The number of ether oxygens (including phenoxy) is 1. The SMILES string of the molecule is CCCCCC=CCC=CCC=CCC=CCCCC(=O)OCC(C)C. The Kier molecular flexibility index (Phi) is 18.6. The molecule has 0 aromatic carbocycles. The summed E-state index contributed by atoms with van der Waals surface area (Å²) >= 11 is 0. The highest BCUT2D eigenvalue weighted by atomic mass is 16.5. The standard InChI is InChI=1S/C24H40O2/c1-4-5-6-7-8-9-10-11-12-13-14-15-16-17-18-19-20-21-24(25)26-22-23(2)3/h8-9,11-12,14-15,17-18,23H,4-7,10,13,16,19-22H2,1-3H3. The number of unbranched alkanes of at least 4 members (excludes halogenated alkanes) is 4. The maximum atomic E-state index is 11.4. The average molecular weight is 361 g/mol. The second kappa shape index (κ2) is 19.8. The molecule has 0 N–H and O–H groups in total. The maximum Gasteiger partial charge on any atom is 0.305 e. The molecule has 0 spiro atoms. The molecule has 0 unspecified atom stereocenters. The minimum Gasteiger partial charge on any atom is -0.465 e. The van der Waals surface area contributed by atoms with Crippen molar-refractivity contribution < 1.29 is 9.53 Å². The fourth-order valence-corrected chi connectivity index (χ4v) is 2.26. The smallest absolute Gasteiger partial charge is 0.305 e. The summed E-state index contributed by atoms with van der Waals surface area (Å²) in [7, 11) is 0. The van der Waals surface area contributed by atoms with Crippen LogP contribution in [-0.4, -0.2) is 12.6 Å². The van der Waals surface area contributed by atoms with Gasteiger partial charge in [-0.15, -0.1) is 0 Å². The lowest BCUT2D eigenvalue weighted by molar-refractivity contribution is -0.144. The number of hydrogen-bond acceptors (Lipinski definition) is 2. The van der Waals surface area contributed by atoms with Gasteiger partial charge in [-0.3, -0.25) is 4.79 Å². The summed E-state index contributed by atoms with van der Waals surface area (Å²) in [5, 5.41) is 0. The highest BCUT2D eigenvalue weighted by Crippen LogP contribution is 2.03. The molecule has 26 heavy (non-hydrogen) atoms. The zero-order valence-electron chi connectivity index (χ0n) is 17.3. The first-order valence-electron chi connectivity index (χ1n) is 10.4. The summed E-state index contributed by atoms with van der Waals surface area (Å²) in [4.78, 5) is 11.4. The van der Waals surface area contributed by atoms with Crippen molar-refractivity contribution in [3.05, 3.63) is 48.6 Å². The van der Waals surface area contributed by atoms with Gasteiger partial charge in [0.2, 0.25) is 0 Å². The average Bonchev–Trinajstić information content (AvgIpc) is 2.62. The van der Waals surface area contributed by atoms with E-state index >= 15 is 0 Å². The quantitative estimate of drug-likeness (QED) is 0.164. The van der Waals surface area contributed by atoms with Crippen molar-refractivity contribution in [1.29, 1.82) is 0 Å². The Hall–Kier alpha value is -1.57. The molecule has 0 aliphatic carbocycles. The van der Waals surface area contributed by atoms with Gasteiger partial charge < -0.3 is 4.74 Å². The van der Waals surface area contributed by atoms with Crippen LogP contribution in [0.1, 0.15) is 85.0 Å². The van der Waals surface area contributed by atoms with Gasteiger partial charge in [-0.1, -0.05) is 82.2 Å². The van der Waals surface area contributed by atoms with Gasteiger partial charge in [-0.05, 0) is 50.9 Å². The molecule has 0 bridgehead atoms. The molecule has 0 aromatic rings. The molecule has 148 valence electrons. The molecule has 0 amide bonds. The van der Waals surface area contributed by atoms with E-state index in [0.717, 1.165) is 32.1 Å². The molecule has 0 saturated carbocycles. The monoisotopic (exact) mass is 360 g/mol. The Morgan fingerprint density at radius 3 is 1.77 bits per heavy atom. The van der Waals surface area contributed by atoms with E-state index in [2.05, 4.69) is 55.5 Å². The number of rotatable bonds is 16. The maximum absolute atomic E-state index is 11.4. The van der Waals surface area contributed by atoms with E-state index in [-0.39, 0.29) is 5.97 Å². The van der Waals surface area contributed by atoms with Crippen LogP contribution in [0, 0.1) is 5.92 Å². The molecule has 2 heteroatoms. The van der Waals surface area contributed by atoms with E-state index in [4.69, 9.17) is 4.74 Å². The molecule has 0 heterocycles. The minimum atomic E-state index is -0.0745. The lowest BCUT2D eigenvalue weighted by atomic mass is 10.2. The lowest BCUT2D eigenvalue weighted by Gasteiger charge is -2.06. The topological polar surface area (TPSA) is 26.3 Å². The second-order valence-electron chi connectivity index (χ2n) is 7.06. The predicted octanol–water partition coefficient (Wildman–Crippen LogP) is 7.33. The van der Waals surface area contributed by atoms with Crippen LogP contribution in [0.5, 0.6) is 0 Å². The van der Waals surface area contributed by atoms with Crippen molar-refractivity contribution in [1.82, 2.24) is 0 Å². The molecule has 0 radical (unpaired) electrons. The molecule has 2 nitrogen and oxygen atoms in total. The minimum absolute atomic E-state index is 0.0745. The third kappa shape index (κ3) is 20.5. The third-order valence-electron chi connectivity index (χ3n) is 3.79. The molecule has 0 fully saturated rings. The van der Waals surface area contributed by atoms with Crippen LogP contribution in [0.15, 0.2) is 48.6 Å². The second-order valence-corrected chi connectivity index (χ2v) is 7.06. The molecule has 0 aliphatic heterocycles. The van der Waals surface area contributed by atoms with Crippen LogP contribution in [0.4, 0.5) is 0 Å². The largest absolute Gasteiger partial charge is 0.465 e. The van der Waals surface area contributed by atoms with Crippen LogP contribution >= 0.6 is 0 Å². The zero-order valence-corrected chi connectivity index (χ0v) is 17.3. The van der Waals surface area contributed by atoms with Crippen molar-refractivity contribution in [2.75, 3.05) is 6.61 Å². The first-order valence-corrected chi connectivity index (χ1v) is 10.4. The lowest BCUT2D eigenvalue weighted by Crippen LogP contribution is -2.09. The van der Waals surface area contributed by atoms with Gasteiger partial charge in [0.1, 0.15) is 0 Å². The number of hydrogen-bond donors (Lipinski definition) is 0. The van der Waals surface area contributed by atoms with Crippen molar-refractivity contribution in [2.24, 2.45) is 5.92 Å². The third-order valence-corrected chi connectivity index (χ3v) is 3.79. The van der Waals surface area contributed by atoms with Gasteiger partial charge in [0.25, 0.3) is 0 Å². The summed E-state index contributed by atoms with van der Waals surface area (Å²) in [6.07, 6.45) is 28.2. The van der Waals surface area contributed by atoms with E-state index in [9.17, 15) is 4.79 Å². The predicted molar refractivity (Wildman–Crippen MR) is 114 cm³/mol. The number of carbonyl (C=O) groups is 1. The van der Waals surface area contributed by atoms with Crippen LogP contribution < -0.4 is 0 Å². The van der Waals surface area contributed by atoms with Crippen LogP contribution in [0.25, 0.3) is 0 Å². The van der Waals surface area contributed by atoms with Crippen molar-refractivity contribution in [2.45, 2.75) is 85.0 Å². The Bertz CT molecular complexity index is 427. The molecule has 0 saturated heterocycles. The number of allylic oxidation sites excluding steroid dienone is 8. The highest BCUT2D eigenvalue weighted by molar-refractivity contribution is 5.69. The summed E-state index contributed by atoms with van der Waals surface area (Å²) < 4.78 is 5.15. The molecule has 0 aliphatic rings. The molecule has 0 atom stereocenters. The van der Waals surface area contributed by atoms with Gasteiger partial charge in [0, 0.05) is 6.42 Å². The summed E-state index contributed by atoms with van der Waals surface area (Å²) in [6, 6.07) is 0. The Morgan fingerprint density at radius 2 is 1.27 bits per heavy atom. The van der Waals surface area contributed by atoms with Crippen molar-refractivity contribution in [3.63, 3.8) is 0 Å². The normalized spacial score (nSPS) is 12.5. The van der Waals surface area contributed by atoms with Crippen LogP contribution in [0.2, 0.25) is 0 Å². The molecule has 0 rings (SSSR count). The Balaban J connectivity index is 3.47. The fourth-order valence-electron chi connectivity index (χ4n) is 2.26. The van der Waals surface area contributed by atoms with Gasteiger partial charge in [0.05, 0.1) is 6.61 Å². The summed E-state index contributed by atoms with van der Waals surface area (Å²) in [5.74, 6) is 0.335. The van der Waals surface area contributed by atoms with Crippen molar-refractivity contribution in [3.8, 4) is 0 Å². The zero-order chi connectivity index (χ0) is 19.3. The van der Waals surface area contributed by atoms with E-state index in [0.29, 0.717) is 18.9 Å². The van der Waals surface area contributed by atoms with E-state index in [1.807, 2.05) is 13.8 Å². The Morgan fingerprint density at radius 1 is 0.769 bits per heavy atom. The summed E-state index contributed by atoms with van der Waals surface area (Å²) in [5.41, 5.74) is 0. The highest BCUT2D eigenvalue weighted by Gasteiger charge is 2.02. The van der Waals surface area contributed by atoms with Gasteiger partial charge in [0.15, 0.2) is 0 Å². The first-order chi connectivity index (χ1) is 12.7. The fraction of sp³-hybridized carbons (Fsp3) is 0.625. The van der Waals surface area contributed by atoms with Crippen LogP contribution in [0.3, 0.4) is 0 Å². The van der Waals surface area contributed by atoms with Gasteiger partial charge >= 0.3 is 5.97 Å². The molecular formula is C24H40O2. The number of carbonyl (C=O) groups excluding carboxylic acids is 1. The molecule has 0 aromatic heterocycles. The van der Waals surface area contributed by atoms with Crippen molar-refractivity contribution >= 4 is 5.97 Å². The van der Waals surface area contributed by atoms with Gasteiger partial charge in [-0.25, -0.2) is 0 Å². The van der Waals surface area contributed by atoms with E-state index in [1.165, 1.54) is 25.7 Å². The first kappa shape index (κ1) is 24.4. The number of esters is 1. The van der Waals surface area contributed by atoms with Crippen LogP contribution in [-0.2, 0) is 9.53 Å². The summed E-state index contributed by atoms with van der Waals surface area (Å²) in [6.45, 7) is 6.87. The molecular weight excluding hydrogens is 320 g/mol. The van der Waals surface area contributed by atoms with E-state index < -0.39 is 0 Å².